The van der Waals surface area contributed by atoms with E-state index in [2.05, 4.69) is 27.0 Å². The number of hydrogen-bond donors (Lipinski definition) is 3. The molecule has 152 valence electrons. The molecule has 3 N–H and O–H groups in total. The minimum absolute atomic E-state index is 0. The minimum atomic E-state index is -0.371. The molecule has 27 heavy (non-hydrogen) atoms. The van der Waals surface area contributed by atoms with E-state index in [-0.39, 0.29) is 35.3 Å². The van der Waals surface area contributed by atoms with Gasteiger partial charge in [-0.25, -0.2) is 0 Å². The summed E-state index contributed by atoms with van der Waals surface area (Å²) >= 11 is 0. The van der Waals surface area contributed by atoms with E-state index in [4.69, 9.17) is 4.74 Å². The molecule has 7 heteroatoms. The zero-order valence-corrected chi connectivity index (χ0v) is 19.1. The fourth-order valence-corrected chi connectivity index (χ4v) is 2.30. The Labute approximate surface area is 179 Å². The average molecular weight is 488 g/mol. The Morgan fingerprint density at radius 3 is 2.44 bits per heavy atom. The topological polar surface area (TPSA) is 74.8 Å². The van der Waals surface area contributed by atoms with E-state index in [0.717, 1.165) is 23.8 Å². The number of guanidine groups is 1. The molecule has 1 aliphatic carbocycles. The van der Waals surface area contributed by atoms with Crippen LogP contribution in [0.15, 0.2) is 29.3 Å². The van der Waals surface area contributed by atoms with Gasteiger partial charge in [0.25, 0.3) is 0 Å². The van der Waals surface area contributed by atoms with E-state index in [1.807, 2.05) is 39.0 Å². The van der Waals surface area contributed by atoms with Gasteiger partial charge in [0.15, 0.2) is 5.96 Å². The third-order valence-electron chi connectivity index (χ3n) is 4.20. The van der Waals surface area contributed by atoms with Crippen LogP contribution >= 0.6 is 24.0 Å². The molecule has 1 aliphatic rings. The number of ether oxygens (including phenoxy) is 1. The molecular weight excluding hydrogens is 455 g/mol. The quantitative estimate of drug-likeness (QED) is 0.228. The number of rotatable bonds is 8. The lowest BCUT2D eigenvalue weighted by atomic mass is 9.96. The Morgan fingerprint density at radius 1 is 1.15 bits per heavy atom. The lowest BCUT2D eigenvalue weighted by Gasteiger charge is -2.18. The van der Waals surface area contributed by atoms with Crippen LogP contribution in [0.3, 0.4) is 0 Å². The largest absolute Gasteiger partial charge is 0.493 e. The summed E-state index contributed by atoms with van der Waals surface area (Å²) in [4.78, 5) is 16.1. The summed E-state index contributed by atoms with van der Waals surface area (Å²) in [6, 6.07) is 8.08. The molecule has 1 aromatic carbocycles. The monoisotopic (exact) mass is 488 g/mol. The van der Waals surface area contributed by atoms with Crippen molar-refractivity contribution in [2.24, 2.45) is 16.3 Å². The number of amides is 1. The van der Waals surface area contributed by atoms with Crippen molar-refractivity contribution in [2.75, 3.05) is 26.7 Å². The van der Waals surface area contributed by atoms with E-state index < -0.39 is 0 Å². The fraction of sp³-hybridized carbons (Fsp3) is 0.600. The number of carbonyl (C=O) groups is 1. The van der Waals surface area contributed by atoms with Crippen molar-refractivity contribution < 1.29 is 9.53 Å². The predicted octanol–water partition coefficient (Wildman–Crippen LogP) is 2.92. The highest BCUT2D eigenvalue weighted by atomic mass is 127. The molecule has 0 spiro atoms. The van der Waals surface area contributed by atoms with Gasteiger partial charge in [-0.05, 0) is 24.8 Å². The van der Waals surface area contributed by atoms with E-state index in [0.29, 0.717) is 25.6 Å². The number of hydrogen-bond acceptors (Lipinski definition) is 3. The molecule has 1 aromatic rings. The molecule has 1 saturated carbocycles. The minimum Gasteiger partial charge on any atom is -0.493 e. The van der Waals surface area contributed by atoms with Gasteiger partial charge in [-0.15, -0.1) is 24.0 Å². The van der Waals surface area contributed by atoms with Crippen molar-refractivity contribution in [1.29, 1.82) is 0 Å². The number of nitrogens with zero attached hydrogens (tertiary/aromatic N) is 1. The summed E-state index contributed by atoms with van der Waals surface area (Å²) in [5, 5.41) is 9.42. The Bertz CT molecular complexity index is 625. The van der Waals surface area contributed by atoms with Gasteiger partial charge in [0.1, 0.15) is 5.75 Å². The summed E-state index contributed by atoms with van der Waals surface area (Å²) in [7, 11) is 1.73. The summed E-state index contributed by atoms with van der Waals surface area (Å²) in [6.07, 6.45) is 2.56. The average Bonchev–Trinajstić information content (AvgIpc) is 3.43. The molecule has 0 heterocycles. The molecule has 0 radical (unpaired) electrons. The predicted molar refractivity (Wildman–Crippen MR) is 121 cm³/mol. The lowest BCUT2D eigenvalue weighted by Crippen LogP contribution is -2.43. The Kier molecular flexibility index (Phi) is 9.90. The van der Waals surface area contributed by atoms with Gasteiger partial charge in [-0.1, -0.05) is 39.0 Å². The summed E-state index contributed by atoms with van der Waals surface area (Å²) in [5.41, 5.74) is 0.738. The third kappa shape index (κ3) is 8.81. The molecule has 0 saturated heterocycles. The van der Waals surface area contributed by atoms with E-state index in [1.165, 1.54) is 12.8 Å². The van der Waals surface area contributed by atoms with Crippen LogP contribution in [0.1, 0.15) is 39.2 Å². The first kappa shape index (κ1) is 23.5. The highest BCUT2D eigenvalue weighted by molar-refractivity contribution is 14.0. The van der Waals surface area contributed by atoms with Crippen LogP contribution in [0, 0.1) is 11.3 Å². The molecule has 6 nitrogen and oxygen atoms in total. The van der Waals surface area contributed by atoms with Crippen LogP contribution in [-0.4, -0.2) is 38.6 Å². The Balaban J connectivity index is 0.00000364. The summed E-state index contributed by atoms with van der Waals surface area (Å²) < 4.78 is 5.94. The van der Waals surface area contributed by atoms with Gasteiger partial charge in [-0.3, -0.25) is 9.79 Å². The van der Waals surface area contributed by atoms with Gasteiger partial charge in [0, 0.05) is 37.7 Å². The normalized spacial score (nSPS) is 14.1. The van der Waals surface area contributed by atoms with Gasteiger partial charge in [0.05, 0.1) is 6.61 Å². The zero-order valence-electron chi connectivity index (χ0n) is 16.8. The molecule has 0 unspecified atom stereocenters. The van der Waals surface area contributed by atoms with Crippen LogP contribution in [0.25, 0.3) is 0 Å². The molecule has 1 fully saturated rings. The van der Waals surface area contributed by atoms with E-state index >= 15 is 0 Å². The maximum absolute atomic E-state index is 11.8. The summed E-state index contributed by atoms with van der Waals surface area (Å²) in [6.45, 7) is 8.31. The van der Waals surface area contributed by atoms with Gasteiger partial charge < -0.3 is 20.7 Å². The molecule has 2 rings (SSSR count). The van der Waals surface area contributed by atoms with Crippen LogP contribution in [0.5, 0.6) is 5.75 Å². The van der Waals surface area contributed by atoms with Crippen molar-refractivity contribution in [3.05, 3.63) is 29.8 Å². The van der Waals surface area contributed by atoms with Crippen molar-refractivity contribution in [1.82, 2.24) is 16.0 Å². The van der Waals surface area contributed by atoms with Gasteiger partial charge in [0.2, 0.25) is 5.91 Å². The first-order valence-electron chi connectivity index (χ1n) is 9.33. The first-order valence-corrected chi connectivity index (χ1v) is 9.33. The number of aliphatic imine (C=N–C) groups is 1. The van der Waals surface area contributed by atoms with Crippen molar-refractivity contribution in [3.8, 4) is 5.75 Å². The van der Waals surface area contributed by atoms with Crippen molar-refractivity contribution in [3.63, 3.8) is 0 Å². The third-order valence-corrected chi connectivity index (χ3v) is 4.20. The van der Waals surface area contributed by atoms with E-state index in [9.17, 15) is 4.79 Å². The highest BCUT2D eigenvalue weighted by Crippen LogP contribution is 2.30. The van der Waals surface area contributed by atoms with Crippen molar-refractivity contribution >= 4 is 35.8 Å². The SMILES string of the molecule is CN=C(NCCNC(=O)C(C)(C)C)NCc1ccccc1OCC1CC1.I. The fourth-order valence-electron chi connectivity index (χ4n) is 2.30. The van der Waals surface area contributed by atoms with Crippen LogP contribution in [0.2, 0.25) is 0 Å². The maximum Gasteiger partial charge on any atom is 0.225 e. The van der Waals surface area contributed by atoms with Crippen LogP contribution < -0.4 is 20.7 Å². The smallest absolute Gasteiger partial charge is 0.225 e. The second-order valence-corrected chi connectivity index (χ2v) is 7.72. The molecule has 0 aromatic heterocycles. The number of para-hydroxylation sites is 1. The summed E-state index contributed by atoms with van der Waals surface area (Å²) in [5.74, 6) is 2.41. The second kappa shape index (κ2) is 11.4. The molecular formula is C20H33IN4O2. The molecule has 0 atom stereocenters. The van der Waals surface area contributed by atoms with Gasteiger partial charge >= 0.3 is 0 Å². The lowest BCUT2D eigenvalue weighted by molar-refractivity contribution is -0.128. The number of halogens is 1. The van der Waals surface area contributed by atoms with Crippen molar-refractivity contribution in [2.45, 2.75) is 40.2 Å². The zero-order chi connectivity index (χ0) is 19.0. The van der Waals surface area contributed by atoms with E-state index in [1.54, 1.807) is 7.05 Å². The number of benzene rings is 1. The number of nitrogens with one attached hydrogen (secondary N) is 3. The second-order valence-electron chi connectivity index (χ2n) is 7.72. The Hall–Kier alpha value is -1.51. The maximum atomic E-state index is 11.8. The molecule has 0 aliphatic heterocycles. The standard InChI is InChI=1S/C20H32N4O2.HI/c1-20(2,3)18(25)22-11-12-23-19(21-4)24-13-16-7-5-6-8-17(16)26-14-15-9-10-15;/h5-8,15H,9-14H2,1-4H3,(H,22,25)(H2,21,23,24);1H. The number of carbonyl (C=O) groups excluding carboxylic acids is 1. The molecule has 0 bridgehead atoms. The van der Waals surface area contributed by atoms with Crippen LogP contribution in [0.4, 0.5) is 0 Å². The van der Waals surface area contributed by atoms with Crippen LogP contribution in [-0.2, 0) is 11.3 Å². The molecule has 1 amide bonds. The highest BCUT2D eigenvalue weighted by Gasteiger charge is 2.22. The van der Waals surface area contributed by atoms with Gasteiger partial charge in [-0.2, -0.15) is 0 Å². The Morgan fingerprint density at radius 2 is 1.81 bits per heavy atom. The first-order chi connectivity index (χ1) is 12.4.